The number of hydrogen-bond donors (Lipinski definition) is 2. The molecule has 2 rings (SSSR count). The van der Waals surface area contributed by atoms with Gasteiger partial charge in [0.05, 0.1) is 0 Å². The summed E-state index contributed by atoms with van der Waals surface area (Å²) in [5, 5.41) is 5.45. The molecule has 0 amide bonds. The van der Waals surface area contributed by atoms with Crippen molar-refractivity contribution in [3.05, 3.63) is 20.7 Å². The molecule has 90 valence electrons. The first-order chi connectivity index (χ1) is 7.55. The summed E-state index contributed by atoms with van der Waals surface area (Å²) in [4.78, 5) is 13.9. The zero-order valence-electron chi connectivity index (χ0n) is 10.0. The van der Waals surface area contributed by atoms with E-state index in [1.54, 1.807) is 0 Å². The van der Waals surface area contributed by atoms with Gasteiger partial charge in [-0.05, 0) is 24.7 Å². The Balaban J connectivity index is 1.84. The Bertz CT molecular complexity index is 394. The average molecular weight is 240 g/mol. The van der Waals surface area contributed by atoms with Gasteiger partial charge in [0.25, 0.3) is 0 Å². The minimum Gasteiger partial charge on any atom is -0.315 e. The van der Waals surface area contributed by atoms with Crippen molar-refractivity contribution in [1.82, 2.24) is 10.3 Å². The van der Waals surface area contributed by atoms with Crippen molar-refractivity contribution in [2.24, 2.45) is 5.41 Å². The fourth-order valence-electron chi connectivity index (χ4n) is 2.53. The third-order valence-corrected chi connectivity index (χ3v) is 4.08. The summed E-state index contributed by atoms with van der Waals surface area (Å²) >= 11 is 1.24. The fraction of sp³-hybridized carbons (Fsp3) is 0.750. The highest BCUT2D eigenvalue weighted by Crippen LogP contribution is 2.35. The molecule has 16 heavy (non-hydrogen) atoms. The van der Waals surface area contributed by atoms with E-state index >= 15 is 0 Å². The van der Waals surface area contributed by atoms with Crippen molar-refractivity contribution < 1.29 is 0 Å². The molecule has 0 aliphatic heterocycles. The molecule has 1 saturated carbocycles. The highest BCUT2D eigenvalue weighted by atomic mass is 32.1. The molecule has 1 aliphatic rings. The van der Waals surface area contributed by atoms with Gasteiger partial charge in [-0.3, -0.25) is 4.79 Å². The predicted octanol–water partition coefficient (Wildman–Crippen LogP) is 2.49. The van der Waals surface area contributed by atoms with E-state index in [0.717, 1.165) is 12.2 Å². The summed E-state index contributed by atoms with van der Waals surface area (Å²) in [5.41, 5.74) is 1.48. The molecule has 1 fully saturated rings. The summed E-state index contributed by atoms with van der Waals surface area (Å²) in [6.45, 7) is 5.47. The lowest BCUT2D eigenvalue weighted by atomic mass is 9.75. The smallest absolute Gasteiger partial charge is 0.304 e. The molecule has 1 unspecified atom stereocenters. The lowest BCUT2D eigenvalue weighted by molar-refractivity contribution is 0.197. The Morgan fingerprint density at radius 3 is 3.06 bits per heavy atom. The Morgan fingerprint density at radius 1 is 1.62 bits per heavy atom. The topological polar surface area (TPSA) is 44.9 Å². The maximum absolute atomic E-state index is 11.0. The van der Waals surface area contributed by atoms with Crippen LogP contribution in [0.1, 0.15) is 45.2 Å². The molecule has 0 aromatic carbocycles. The Kier molecular flexibility index (Phi) is 3.50. The van der Waals surface area contributed by atoms with Gasteiger partial charge in [-0.2, -0.15) is 0 Å². The van der Waals surface area contributed by atoms with Crippen LogP contribution in [-0.4, -0.2) is 11.0 Å². The Hall–Kier alpha value is -0.610. The van der Waals surface area contributed by atoms with Crippen LogP contribution in [0.5, 0.6) is 0 Å². The van der Waals surface area contributed by atoms with Crippen LogP contribution in [0.3, 0.4) is 0 Å². The monoisotopic (exact) mass is 240 g/mol. The number of aromatic amines is 1. The second kappa shape index (κ2) is 4.72. The van der Waals surface area contributed by atoms with Crippen LogP contribution in [0.2, 0.25) is 0 Å². The third kappa shape index (κ3) is 3.19. The maximum atomic E-state index is 11.0. The van der Waals surface area contributed by atoms with Gasteiger partial charge in [0.1, 0.15) is 0 Å². The van der Waals surface area contributed by atoms with Crippen LogP contribution < -0.4 is 10.2 Å². The van der Waals surface area contributed by atoms with Crippen LogP contribution in [0.4, 0.5) is 0 Å². The van der Waals surface area contributed by atoms with Gasteiger partial charge >= 0.3 is 4.87 Å². The highest BCUT2D eigenvalue weighted by Gasteiger charge is 2.27. The van der Waals surface area contributed by atoms with Gasteiger partial charge in [-0.15, -0.1) is 0 Å². The van der Waals surface area contributed by atoms with E-state index in [9.17, 15) is 4.79 Å². The van der Waals surface area contributed by atoms with Crippen LogP contribution in [0, 0.1) is 5.41 Å². The van der Waals surface area contributed by atoms with E-state index in [-0.39, 0.29) is 4.87 Å². The minimum absolute atomic E-state index is 0.0424. The molecule has 0 radical (unpaired) electrons. The number of hydrogen-bond acceptors (Lipinski definition) is 3. The summed E-state index contributed by atoms with van der Waals surface area (Å²) in [5.74, 6) is 0. The Morgan fingerprint density at radius 2 is 2.44 bits per heavy atom. The van der Waals surface area contributed by atoms with Crippen LogP contribution in [0.25, 0.3) is 0 Å². The molecule has 1 heterocycles. The second-order valence-electron chi connectivity index (χ2n) is 5.51. The summed E-state index contributed by atoms with van der Waals surface area (Å²) in [6, 6.07) is 0.604. The molecule has 4 heteroatoms. The zero-order chi connectivity index (χ0) is 11.6. The molecule has 1 aromatic heterocycles. The summed E-state index contributed by atoms with van der Waals surface area (Å²) in [7, 11) is 0. The summed E-state index contributed by atoms with van der Waals surface area (Å²) in [6.07, 6.45) is 5.14. The number of H-pyrrole nitrogens is 1. The van der Waals surface area contributed by atoms with Crippen LogP contribution in [0.15, 0.2) is 10.2 Å². The molecule has 3 nitrogen and oxygen atoms in total. The number of aromatic nitrogens is 1. The van der Waals surface area contributed by atoms with Gasteiger partial charge in [-0.25, -0.2) is 0 Å². The summed E-state index contributed by atoms with van der Waals surface area (Å²) < 4.78 is 0. The van der Waals surface area contributed by atoms with Gasteiger partial charge < -0.3 is 10.3 Å². The van der Waals surface area contributed by atoms with Crippen LogP contribution >= 0.6 is 11.3 Å². The van der Waals surface area contributed by atoms with Crippen molar-refractivity contribution in [1.29, 1.82) is 0 Å². The lowest BCUT2D eigenvalue weighted by Crippen LogP contribution is -2.37. The van der Waals surface area contributed by atoms with Gasteiger partial charge in [0.2, 0.25) is 0 Å². The SMILES string of the molecule is CC1(C)CCCC(NCc2csc(=O)[nH]2)C1. The maximum Gasteiger partial charge on any atom is 0.304 e. The van der Waals surface area contributed by atoms with E-state index < -0.39 is 0 Å². The molecular formula is C12H20N2OS. The van der Waals surface area contributed by atoms with E-state index in [1.165, 1.54) is 37.0 Å². The highest BCUT2D eigenvalue weighted by molar-refractivity contribution is 7.07. The largest absolute Gasteiger partial charge is 0.315 e. The second-order valence-corrected chi connectivity index (χ2v) is 6.35. The molecule has 0 spiro atoms. The quantitative estimate of drug-likeness (QED) is 0.852. The standard InChI is InChI=1S/C12H20N2OS/c1-12(2)5-3-4-9(6-12)13-7-10-8-16-11(15)14-10/h8-9,13H,3-7H2,1-2H3,(H,14,15). The van der Waals surface area contributed by atoms with Gasteiger partial charge in [0, 0.05) is 23.7 Å². The molecule has 0 bridgehead atoms. The molecule has 0 saturated heterocycles. The third-order valence-electron chi connectivity index (χ3n) is 3.36. The van der Waals surface area contributed by atoms with E-state index in [0.29, 0.717) is 11.5 Å². The minimum atomic E-state index is 0.0424. The van der Waals surface area contributed by atoms with Crippen molar-refractivity contribution in [2.75, 3.05) is 0 Å². The predicted molar refractivity (Wildman–Crippen MR) is 67.8 cm³/mol. The number of thiazole rings is 1. The number of nitrogens with one attached hydrogen (secondary N) is 2. The zero-order valence-corrected chi connectivity index (χ0v) is 10.8. The van der Waals surface area contributed by atoms with E-state index in [2.05, 4.69) is 24.1 Å². The molecule has 1 aromatic rings. The lowest BCUT2D eigenvalue weighted by Gasteiger charge is -2.35. The van der Waals surface area contributed by atoms with Gasteiger partial charge in [-0.1, -0.05) is 31.6 Å². The van der Waals surface area contributed by atoms with Crippen molar-refractivity contribution in [3.8, 4) is 0 Å². The normalized spacial score (nSPS) is 24.5. The molecule has 2 N–H and O–H groups in total. The van der Waals surface area contributed by atoms with Gasteiger partial charge in [0.15, 0.2) is 0 Å². The first kappa shape index (κ1) is 11.9. The van der Waals surface area contributed by atoms with E-state index in [1.807, 2.05) is 5.38 Å². The van der Waals surface area contributed by atoms with Crippen molar-refractivity contribution in [3.63, 3.8) is 0 Å². The molecule has 1 atom stereocenters. The van der Waals surface area contributed by atoms with Crippen molar-refractivity contribution >= 4 is 11.3 Å². The molecular weight excluding hydrogens is 220 g/mol. The average Bonchev–Trinajstić information content (AvgIpc) is 2.60. The molecule has 1 aliphatic carbocycles. The number of rotatable bonds is 3. The Labute approximate surface area is 100 Å². The first-order valence-electron chi connectivity index (χ1n) is 5.95. The fourth-order valence-corrected chi connectivity index (χ4v) is 3.11. The van der Waals surface area contributed by atoms with Crippen LogP contribution in [-0.2, 0) is 6.54 Å². The van der Waals surface area contributed by atoms with E-state index in [4.69, 9.17) is 0 Å². The first-order valence-corrected chi connectivity index (χ1v) is 6.83. The van der Waals surface area contributed by atoms with Crippen molar-refractivity contribution in [2.45, 2.75) is 52.1 Å².